The van der Waals surface area contributed by atoms with Gasteiger partial charge in [0.05, 0.1) is 0 Å². The molecule has 2 rings (SSSR count). The highest BCUT2D eigenvalue weighted by molar-refractivity contribution is 5.92. The lowest BCUT2D eigenvalue weighted by Crippen LogP contribution is -2.28. The molecule has 2 N–H and O–H groups in total. The Morgan fingerprint density at radius 3 is 2.78 bits per heavy atom. The quantitative estimate of drug-likeness (QED) is 0.824. The number of rotatable bonds is 7. The molecular formula is C17H21FN4O. The normalized spacial score (nSPS) is 10.6. The Bertz CT molecular complexity index is 661. The van der Waals surface area contributed by atoms with Crippen molar-refractivity contribution in [2.75, 3.05) is 18.4 Å². The number of halogens is 1. The largest absolute Gasteiger partial charge is 0.370 e. The third kappa shape index (κ3) is 5.32. The van der Waals surface area contributed by atoms with E-state index >= 15 is 0 Å². The SMILES string of the molecule is CC(C)CNC(=O)c1cc(NCCc2ccccc2F)ncn1. The molecule has 0 aliphatic rings. The van der Waals surface area contributed by atoms with Crippen molar-refractivity contribution in [3.8, 4) is 0 Å². The Kier molecular flexibility index (Phi) is 6.02. The van der Waals surface area contributed by atoms with E-state index in [9.17, 15) is 9.18 Å². The fourth-order valence-electron chi connectivity index (χ4n) is 1.99. The zero-order chi connectivity index (χ0) is 16.7. The van der Waals surface area contributed by atoms with Crippen molar-refractivity contribution in [3.05, 3.63) is 53.7 Å². The van der Waals surface area contributed by atoms with Crippen molar-refractivity contribution in [1.29, 1.82) is 0 Å². The second kappa shape index (κ2) is 8.22. The average Bonchev–Trinajstić information content (AvgIpc) is 2.54. The first kappa shape index (κ1) is 16.9. The van der Waals surface area contributed by atoms with E-state index < -0.39 is 0 Å². The monoisotopic (exact) mass is 316 g/mol. The molecule has 0 bridgehead atoms. The van der Waals surface area contributed by atoms with Crippen LogP contribution in [0.15, 0.2) is 36.7 Å². The van der Waals surface area contributed by atoms with Crippen molar-refractivity contribution in [3.63, 3.8) is 0 Å². The summed E-state index contributed by atoms with van der Waals surface area (Å²) in [4.78, 5) is 20.0. The summed E-state index contributed by atoms with van der Waals surface area (Å²) < 4.78 is 13.5. The van der Waals surface area contributed by atoms with Gasteiger partial charge in [0, 0.05) is 19.2 Å². The second-order valence-electron chi connectivity index (χ2n) is 5.66. The van der Waals surface area contributed by atoms with E-state index in [1.165, 1.54) is 12.4 Å². The first-order valence-corrected chi connectivity index (χ1v) is 7.64. The number of nitrogens with zero attached hydrogens (tertiary/aromatic N) is 2. The van der Waals surface area contributed by atoms with Crippen molar-refractivity contribution < 1.29 is 9.18 Å². The Hall–Kier alpha value is -2.50. The second-order valence-corrected chi connectivity index (χ2v) is 5.66. The fourth-order valence-corrected chi connectivity index (χ4v) is 1.99. The Labute approximate surface area is 135 Å². The van der Waals surface area contributed by atoms with E-state index in [0.717, 1.165) is 0 Å². The number of aromatic nitrogens is 2. The maximum atomic E-state index is 13.5. The topological polar surface area (TPSA) is 66.9 Å². The van der Waals surface area contributed by atoms with Crippen LogP contribution in [0.4, 0.5) is 10.2 Å². The van der Waals surface area contributed by atoms with Crippen molar-refractivity contribution in [2.45, 2.75) is 20.3 Å². The Balaban J connectivity index is 1.90. The summed E-state index contributed by atoms with van der Waals surface area (Å²) in [7, 11) is 0. The molecule has 0 aliphatic heterocycles. The van der Waals surface area contributed by atoms with Crippen molar-refractivity contribution >= 4 is 11.7 Å². The average molecular weight is 316 g/mol. The van der Waals surface area contributed by atoms with Crippen LogP contribution in [0.5, 0.6) is 0 Å². The molecule has 0 saturated carbocycles. The maximum absolute atomic E-state index is 13.5. The van der Waals surface area contributed by atoms with Crippen LogP contribution in [0.3, 0.4) is 0 Å². The van der Waals surface area contributed by atoms with E-state index in [4.69, 9.17) is 0 Å². The van der Waals surface area contributed by atoms with Crippen LogP contribution in [0.1, 0.15) is 29.9 Å². The fraction of sp³-hybridized carbons (Fsp3) is 0.353. The van der Waals surface area contributed by atoms with E-state index in [1.54, 1.807) is 24.3 Å². The minimum absolute atomic E-state index is 0.217. The van der Waals surface area contributed by atoms with Crippen LogP contribution in [-0.2, 0) is 6.42 Å². The molecule has 6 heteroatoms. The van der Waals surface area contributed by atoms with Crippen LogP contribution in [0.2, 0.25) is 0 Å². The molecule has 1 heterocycles. The first-order chi connectivity index (χ1) is 11.1. The van der Waals surface area contributed by atoms with Gasteiger partial charge in [-0.15, -0.1) is 0 Å². The number of amides is 1. The van der Waals surface area contributed by atoms with Gasteiger partial charge in [0.2, 0.25) is 0 Å². The summed E-state index contributed by atoms with van der Waals surface area (Å²) in [6.07, 6.45) is 1.88. The third-order valence-corrected chi connectivity index (χ3v) is 3.23. The van der Waals surface area contributed by atoms with Gasteiger partial charge in [-0.05, 0) is 24.0 Å². The number of carbonyl (C=O) groups excluding carboxylic acids is 1. The van der Waals surface area contributed by atoms with Crippen LogP contribution < -0.4 is 10.6 Å². The summed E-state index contributed by atoms with van der Waals surface area (Å²) in [5, 5.41) is 5.89. The van der Waals surface area contributed by atoms with Crippen LogP contribution in [-0.4, -0.2) is 29.0 Å². The van der Waals surface area contributed by atoms with Crippen LogP contribution >= 0.6 is 0 Å². The molecule has 2 aromatic rings. The minimum atomic E-state index is -0.224. The van der Waals surface area contributed by atoms with E-state index in [0.29, 0.717) is 42.5 Å². The lowest BCUT2D eigenvalue weighted by Gasteiger charge is -2.09. The zero-order valence-corrected chi connectivity index (χ0v) is 13.3. The summed E-state index contributed by atoms with van der Waals surface area (Å²) in [5.41, 5.74) is 0.956. The molecule has 5 nitrogen and oxygen atoms in total. The number of anilines is 1. The molecule has 122 valence electrons. The molecule has 0 saturated heterocycles. The van der Waals surface area contributed by atoms with Gasteiger partial charge in [0.1, 0.15) is 23.7 Å². The summed E-state index contributed by atoms with van der Waals surface area (Å²) in [6.45, 7) is 5.16. The number of benzene rings is 1. The van der Waals surface area contributed by atoms with Crippen molar-refractivity contribution in [1.82, 2.24) is 15.3 Å². The molecule has 0 unspecified atom stereocenters. The van der Waals surface area contributed by atoms with Gasteiger partial charge in [-0.3, -0.25) is 4.79 Å². The highest BCUT2D eigenvalue weighted by Crippen LogP contribution is 2.08. The molecule has 1 aromatic carbocycles. The van der Waals surface area contributed by atoms with Crippen LogP contribution in [0.25, 0.3) is 0 Å². The standard InChI is InChI=1S/C17H21FN4O/c1-12(2)10-20-17(23)15-9-16(22-11-21-15)19-8-7-13-5-3-4-6-14(13)18/h3-6,9,11-12H,7-8,10H2,1-2H3,(H,20,23)(H,19,21,22). The Morgan fingerprint density at radius 2 is 2.04 bits per heavy atom. The number of hydrogen-bond donors (Lipinski definition) is 2. The van der Waals surface area contributed by atoms with Crippen molar-refractivity contribution in [2.24, 2.45) is 5.92 Å². The maximum Gasteiger partial charge on any atom is 0.270 e. The highest BCUT2D eigenvalue weighted by atomic mass is 19.1. The third-order valence-electron chi connectivity index (χ3n) is 3.23. The highest BCUT2D eigenvalue weighted by Gasteiger charge is 2.09. The molecule has 1 aromatic heterocycles. The molecule has 1 amide bonds. The molecule has 0 atom stereocenters. The predicted octanol–water partition coefficient (Wildman–Crippen LogP) is 2.66. The molecule has 0 aliphatic carbocycles. The van der Waals surface area contributed by atoms with Gasteiger partial charge in [-0.2, -0.15) is 0 Å². The molecular weight excluding hydrogens is 295 g/mol. The number of nitrogens with one attached hydrogen (secondary N) is 2. The summed E-state index contributed by atoms with van der Waals surface area (Å²) in [6, 6.07) is 8.26. The smallest absolute Gasteiger partial charge is 0.270 e. The number of carbonyl (C=O) groups is 1. The van der Waals surface area contributed by atoms with Gasteiger partial charge in [0.25, 0.3) is 5.91 Å². The lowest BCUT2D eigenvalue weighted by molar-refractivity contribution is 0.0944. The molecule has 0 fully saturated rings. The van der Waals surface area contributed by atoms with Crippen LogP contribution in [0, 0.1) is 11.7 Å². The number of hydrogen-bond acceptors (Lipinski definition) is 4. The summed E-state index contributed by atoms with van der Waals surface area (Å²) in [5.74, 6) is 0.481. The predicted molar refractivity (Wildman–Crippen MR) is 87.8 cm³/mol. The molecule has 23 heavy (non-hydrogen) atoms. The van der Waals surface area contributed by atoms with Gasteiger partial charge < -0.3 is 10.6 Å². The van der Waals surface area contributed by atoms with E-state index in [2.05, 4.69) is 20.6 Å². The van der Waals surface area contributed by atoms with E-state index in [1.807, 2.05) is 13.8 Å². The van der Waals surface area contributed by atoms with E-state index in [-0.39, 0.29) is 11.7 Å². The lowest BCUT2D eigenvalue weighted by atomic mass is 10.1. The molecule has 0 spiro atoms. The zero-order valence-electron chi connectivity index (χ0n) is 13.3. The minimum Gasteiger partial charge on any atom is -0.370 e. The molecule has 0 radical (unpaired) electrons. The van der Waals surface area contributed by atoms with Gasteiger partial charge in [0.15, 0.2) is 0 Å². The van der Waals surface area contributed by atoms with Gasteiger partial charge >= 0.3 is 0 Å². The Morgan fingerprint density at radius 1 is 1.26 bits per heavy atom. The first-order valence-electron chi connectivity index (χ1n) is 7.64. The van der Waals surface area contributed by atoms with Gasteiger partial charge in [-0.25, -0.2) is 14.4 Å². The summed E-state index contributed by atoms with van der Waals surface area (Å²) >= 11 is 0. The van der Waals surface area contributed by atoms with Gasteiger partial charge in [-0.1, -0.05) is 32.0 Å².